The second kappa shape index (κ2) is 3.79. The highest BCUT2D eigenvalue weighted by atomic mass is 15.4. The van der Waals surface area contributed by atoms with Gasteiger partial charge < -0.3 is 9.97 Å². The minimum Gasteiger partial charge on any atom is -0.342 e. The SMILES string of the molecule is Cc1nc2cc3[nH]c(C4CC(C)NN4)nc3cc2[nH]1. The molecule has 6 nitrogen and oxygen atoms in total. The van der Waals surface area contributed by atoms with Crippen molar-refractivity contribution in [3.63, 3.8) is 0 Å². The number of hydrazine groups is 1. The van der Waals surface area contributed by atoms with Gasteiger partial charge in [-0.2, -0.15) is 0 Å². The van der Waals surface area contributed by atoms with Crippen molar-refractivity contribution in [2.45, 2.75) is 32.4 Å². The van der Waals surface area contributed by atoms with Crippen LogP contribution in [0.1, 0.15) is 31.0 Å². The van der Waals surface area contributed by atoms with Crippen LogP contribution >= 0.6 is 0 Å². The fraction of sp³-hybridized carbons (Fsp3) is 0.385. The molecule has 3 aromatic rings. The Balaban J connectivity index is 1.82. The monoisotopic (exact) mass is 256 g/mol. The van der Waals surface area contributed by atoms with Gasteiger partial charge in [0.05, 0.1) is 28.1 Å². The fourth-order valence-electron chi connectivity index (χ4n) is 2.72. The van der Waals surface area contributed by atoms with Crippen LogP contribution in [0.4, 0.5) is 0 Å². The van der Waals surface area contributed by atoms with Gasteiger partial charge in [0.15, 0.2) is 0 Å². The average molecular weight is 256 g/mol. The smallest absolute Gasteiger partial charge is 0.125 e. The van der Waals surface area contributed by atoms with Crippen LogP contribution in [0, 0.1) is 6.92 Å². The summed E-state index contributed by atoms with van der Waals surface area (Å²) in [5.74, 6) is 1.91. The lowest BCUT2D eigenvalue weighted by molar-refractivity contribution is 0.547. The first kappa shape index (κ1) is 11.0. The Kier molecular flexibility index (Phi) is 2.18. The van der Waals surface area contributed by atoms with E-state index in [2.05, 4.69) is 49.8 Å². The number of aryl methyl sites for hydroxylation is 1. The van der Waals surface area contributed by atoms with Gasteiger partial charge in [0.25, 0.3) is 0 Å². The van der Waals surface area contributed by atoms with Crippen LogP contribution < -0.4 is 10.9 Å². The van der Waals surface area contributed by atoms with Gasteiger partial charge in [-0.25, -0.2) is 15.4 Å². The van der Waals surface area contributed by atoms with Crippen molar-refractivity contribution in [3.8, 4) is 0 Å². The van der Waals surface area contributed by atoms with E-state index in [-0.39, 0.29) is 6.04 Å². The minimum absolute atomic E-state index is 0.246. The number of imidazole rings is 2. The van der Waals surface area contributed by atoms with E-state index >= 15 is 0 Å². The molecule has 0 bridgehead atoms. The van der Waals surface area contributed by atoms with Crippen molar-refractivity contribution in [1.29, 1.82) is 0 Å². The van der Waals surface area contributed by atoms with Gasteiger partial charge in [-0.3, -0.25) is 5.43 Å². The summed E-state index contributed by atoms with van der Waals surface area (Å²) in [5, 5.41) is 0. The van der Waals surface area contributed by atoms with Crippen LogP contribution in [0.5, 0.6) is 0 Å². The van der Waals surface area contributed by atoms with Crippen LogP contribution in [-0.2, 0) is 0 Å². The molecule has 98 valence electrons. The van der Waals surface area contributed by atoms with E-state index in [4.69, 9.17) is 0 Å². The van der Waals surface area contributed by atoms with Crippen molar-refractivity contribution in [1.82, 2.24) is 30.8 Å². The number of aromatic nitrogens is 4. The third-order valence-electron chi connectivity index (χ3n) is 3.64. The molecule has 0 aliphatic carbocycles. The number of fused-ring (bicyclic) bond motifs is 2. The molecule has 3 heterocycles. The molecule has 1 fully saturated rings. The summed E-state index contributed by atoms with van der Waals surface area (Å²) in [6.45, 7) is 4.12. The molecule has 2 aromatic heterocycles. The molecule has 4 rings (SSSR count). The minimum atomic E-state index is 0.246. The van der Waals surface area contributed by atoms with Gasteiger partial charge >= 0.3 is 0 Å². The summed E-state index contributed by atoms with van der Waals surface area (Å²) < 4.78 is 0. The van der Waals surface area contributed by atoms with E-state index < -0.39 is 0 Å². The van der Waals surface area contributed by atoms with Crippen molar-refractivity contribution < 1.29 is 0 Å². The summed E-state index contributed by atoms with van der Waals surface area (Å²) in [4.78, 5) is 15.8. The Morgan fingerprint density at radius 3 is 2.53 bits per heavy atom. The van der Waals surface area contributed by atoms with Gasteiger partial charge in [0, 0.05) is 6.04 Å². The molecule has 6 heteroatoms. The van der Waals surface area contributed by atoms with Crippen LogP contribution in [0.3, 0.4) is 0 Å². The zero-order valence-corrected chi connectivity index (χ0v) is 10.9. The van der Waals surface area contributed by atoms with E-state index in [1.165, 1.54) is 0 Å². The maximum Gasteiger partial charge on any atom is 0.125 e. The standard InChI is InChI=1S/C13H16N6/c1-6-3-12(19-18-6)13-16-10-4-8-9(5-11(10)17-13)15-7(2)14-8/h4-6,12,18-19H,3H2,1-2H3,(H,14,15)(H,16,17). The van der Waals surface area contributed by atoms with Gasteiger partial charge in [0.2, 0.25) is 0 Å². The molecule has 1 aromatic carbocycles. The first-order valence-corrected chi connectivity index (χ1v) is 6.56. The van der Waals surface area contributed by atoms with Crippen LogP contribution in [-0.4, -0.2) is 26.0 Å². The first-order chi connectivity index (χ1) is 9.19. The van der Waals surface area contributed by atoms with Gasteiger partial charge in [-0.15, -0.1) is 0 Å². The quantitative estimate of drug-likeness (QED) is 0.534. The highest BCUT2D eigenvalue weighted by molar-refractivity contribution is 5.91. The maximum atomic E-state index is 4.68. The van der Waals surface area contributed by atoms with Gasteiger partial charge in [0.1, 0.15) is 11.6 Å². The van der Waals surface area contributed by atoms with E-state index in [1.54, 1.807) is 0 Å². The predicted octanol–water partition coefficient (Wildman–Crippen LogP) is 1.68. The number of aromatic amines is 2. The third-order valence-corrected chi connectivity index (χ3v) is 3.64. The number of nitrogens with one attached hydrogen (secondary N) is 4. The maximum absolute atomic E-state index is 4.68. The summed E-state index contributed by atoms with van der Waals surface area (Å²) in [5.41, 5.74) is 10.5. The van der Waals surface area contributed by atoms with Crippen LogP contribution in [0.25, 0.3) is 22.1 Å². The van der Waals surface area contributed by atoms with Gasteiger partial charge in [-0.05, 0) is 32.4 Å². The molecule has 1 saturated heterocycles. The Hall–Kier alpha value is -1.92. The van der Waals surface area contributed by atoms with Crippen LogP contribution in [0.15, 0.2) is 12.1 Å². The lowest BCUT2D eigenvalue weighted by Crippen LogP contribution is -2.29. The molecule has 0 radical (unpaired) electrons. The second-order valence-corrected chi connectivity index (χ2v) is 5.31. The van der Waals surface area contributed by atoms with E-state index in [0.717, 1.165) is 40.1 Å². The number of hydrogen-bond donors (Lipinski definition) is 4. The lowest BCUT2D eigenvalue weighted by atomic mass is 10.1. The number of H-pyrrole nitrogens is 2. The molecule has 0 amide bonds. The molecule has 2 atom stereocenters. The molecule has 0 spiro atoms. The molecule has 19 heavy (non-hydrogen) atoms. The first-order valence-electron chi connectivity index (χ1n) is 6.56. The normalized spacial score (nSPS) is 23.7. The Labute approximate surface area is 110 Å². The molecule has 4 N–H and O–H groups in total. The number of hydrogen-bond acceptors (Lipinski definition) is 4. The van der Waals surface area contributed by atoms with E-state index in [0.29, 0.717) is 6.04 Å². The molecule has 2 unspecified atom stereocenters. The highest BCUT2D eigenvalue weighted by Crippen LogP contribution is 2.24. The summed E-state index contributed by atoms with van der Waals surface area (Å²) in [6.07, 6.45) is 1.04. The zero-order valence-electron chi connectivity index (χ0n) is 10.9. The molecule has 1 aliphatic rings. The largest absolute Gasteiger partial charge is 0.342 e. The predicted molar refractivity (Wildman–Crippen MR) is 73.6 cm³/mol. The molecule has 1 aliphatic heterocycles. The van der Waals surface area contributed by atoms with E-state index in [1.807, 2.05) is 6.92 Å². The summed E-state index contributed by atoms with van der Waals surface area (Å²) >= 11 is 0. The summed E-state index contributed by atoms with van der Waals surface area (Å²) in [6, 6.07) is 4.82. The number of rotatable bonds is 1. The second-order valence-electron chi connectivity index (χ2n) is 5.31. The Bertz CT molecular complexity index is 704. The highest BCUT2D eigenvalue weighted by Gasteiger charge is 2.24. The zero-order chi connectivity index (χ0) is 13.0. The Morgan fingerprint density at radius 2 is 1.79 bits per heavy atom. The van der Waals surface area contributed by atoms with Gasteiger partial charge in [-0.1, -0.05) is 0 Å². The average Bonchev–Trinajstić information content (AvgIpc) is 3.02. The molecular formula is C13H16N6. The molecule has 0 saturated carbocycles. The van der Waals surface area contributed by atoms with Crippen molar-refractivity contribution in [3.05, 3.63) is 23.8 Å². The van der Waals surface area contributed by atoms with Crippen molar-refractivity contribution in [2.24, 2.45) is 0 Å². The molecular weight excluding hydrogens is 240 g/mol. The Morgan fingerprint density at radius 1 is 1.05 bits per heavy atom. The van der Waals surface area contributed by atoms with Crippen molar-refractivity contribution >= 4 is 22.1 Å². The third kappa shape index (κ3) is 1.72. The van der Waals surface area contributed by atoms with Crippen molar-refractivity contribution in [2.75, 3.05) is 0 Å². The van der Waals surface area contributed by atoms with E-state index in [9.17, 15) is 0 Å². The summed E-state index contributed by atoms with van der Waals surface area (Å²) in [7, 11) is 0. The fourth-order valence-corrected chi connectivity index (χ4v) is 2.72. The topological polar surface area (TPSA) is 81.4 Å². The lowest BCUT2D eigenvalue weighted by Gasteiger charge is -2.03. The number of benzene rings is 1. The number of nitrogens with zero attached hydrogens (tertiary/aromatic N) is 2. The van der Waals surface area contributed by atoms with Crippen LogP contribution in [0.2, 0.25) is 0 Å².